The van der Waals surface area contributed by atoms with Crippen molar-refractivity contribution in [1.82, 2.24) is 9.80 Å². The minimum Gasteiger partial charge on any atom is -0.450 e. The Morgan fingerprint density at radius 1 is 1.54 bits per heavy atom. The summed E-state index contributed by atoms with van der Waals surface area (Å²) >= 11 is 0. The van der Waals surface area contributed by atoms with Crippen LogP contribution in [0.25, 0.3) is 0 Å². The normalized spacial score (nSPS) is 24.5. The van der Waals surface area contributed by atoms with Crippen LogP contribution in [-0.2, 0) is 4.74 Å². The van der Waals surface area contributed by atoms with Gasteiger partial charge in [0.2, 0.25) is 0 Å². The van der Waals surface area contributed by atoms with E-state index < -0.39 is 0 Å². The third-order valence-electron chi connectivity index (χ3n) is 2.33. The Bertz CT molecular complexity index is 184. The van der Waals surface area contributed by atoms with E-state index in [1.54, 1.807) is 4.90 Å². The molecule has 0 aliphatic carbocycles. The molecule has 13 heavy (non-hydrogen) atoms. The van der Waals surface area contributed by atoms with Crippen LogP contribution in [0.15, 0.2) is 0 Å². The quantitative estimate of drug-likeness (QED) is 0.606. The minimum absolute atomic E-state index is 0.178. The summed E-state index contributed by atoms with van der Waals surface area (Å²) in [7, 11) is 2.07. The molecule has 1 saturated heterocycles. The van der Waals surface area contributed by atoms with Gasteiger partial charge in [-0.1, -0.05) is 0 Å². The maximum Gasteiger partial charge on any atom is 0.410 e. The Labute approximate surface area is 79.4 Å². The third-order valence-corrected chi connectivity index (χ3v) is 2.33. The largest absolute Gasteiger partial charge is 0.450 e. The summed E-state index contributed by atoms with van der Waals surface area (Å²) in [5.41, 5.74) is 0. The molecular weight excluding hydrogens is 168 g/mol. The molecule has 0 aromatic carbocycles. The fraction of sp³-hybridized carbons (Fsp3) is 0.889. The number of amides is 1. The average molecular weight is 186 g/mol. The van der Waals surface area contributed by atoms with E-state index in [2.05, 4.69) is 11.9 Å². The summed E-state index contributed by atoms with van der Waals surface area (Å²) < 4.78 is 4.96. The number of carbonyl (C=O) groups is 1. The van der Waals surface area contributed by atoms with E-state index in [1.807, 2.05) is 13.8 Å². The molecule has 0 radical (unpaired) electrons. The zero-order valence-electron chi connectivity index (χ0n) is 8.62. The molecule has 1 amide bonds. The number of hydrogen-bond acceptors (Lipinski definition) is 3. The smallest absolute Gasteiger partial charge is 0.410 e. The van der Waals surface area contributed by atoms with Gasteiger partial charge in [0.1, 0.15) is 0 Å². The lowest BCUT2D eigenvalue weighted by molar-refractivity contribution is 0.0616. The third kappa shape index (κ3) is 2.59. The molecule has 4 nitrogen and oxygen atoms in total. The fourth-order valence-corrected chi connectivity index (χ4v) is 1.62. The van der Waals surface area contributed by atoms with Crippen molar-refractivity contribution in [2.24, 2.45) is 0 Å². The van der Waals surface area contributed by atoms with Crippen LogP contribution in [0.3, 0.4) is 0 Å². The van der Waals surface area contributed by atoms with E-state index in [0.29, 0.717) is 6.61 Å². The van der Waals surface area contributed by atoms with Crippen molar-refractivity contribution in [3.8, 4) is 0 Å². The summed E-state index contributed by atoms with van der Waals surface area (Å²) in [5.74, 6) is 0. The molecule has 1 rings (SSSR count). The predicted octanol–water partition coefficient (Wildman–Crippen LogP) is 0.779. The van der Waals surface area contributed by atoms with Crippen LogP contribution < -0.4 is 0 Å². The van der Waals surface area contributed by atoms with Crippen LogP contribution in [0.4, 0.5) is 4.79 Å². The molecule has 1 aliphatic rings. The van der Waals surface area contributed by atoms with Crippen molar-refractivity contribution in [2.45, 2.75) is 19.9 Å². The molecular formula is C9H18N2O2. The van der Waals surface area contributed by atoms with E-state index in [-0.39, 0.29) is 12.1 Å². The van der Waals surface area contributed by atoms with Crippen LogP contribution in [0.2, 0.25) is 0 Å². The maximum absolute atomic E-state index is 11.4. The molecule has 76 valence electrons. The first-order chi connectivity index (χ1) is 6.15. The molecule has 1 unspecified atom stereocenters. The van der Waals surface area contributed by atoms with Gasteiger partial charge in [-0.2, -0.15) is 0 Å². The summed E-state index contributed by atoms with van der Waals surface area (Å²) in [6.45, 7) is 6.97. The van der Waals surface area contributed by atoms with Crippen molar-refractivity contribution in [3.05, 3.63) is 0 Å². The second kappa shape index (κ2) is 4.46. The lowest BCUT2D eigenvalue weighted by Crippen LogP contribution is -2.52. The second-order valence-electron chi connectivity index (χ2n) is 3.50. The summed E-state index contributed by atoms with van der Waals surface area (Å²) in [5, 5.41) is 0. The molecule has 1 aliphatic heterocycles. The number of likely N-dealkylation sites (N-methyl/N-ethyl adjacent to an activating group) is 1. The standard InChI is InChI=1S/C9H18N2O2/c1-4-13-9(12)11-6-5-10(3)7-8(11)2/h8H,4-7H2,1-3H3. The highest BCUT2D eigenvalue weighted by atomic mass is 16.6. The Morgan fingerprint density at radius 2 is 2.23 bits per heavy atom. The van der Waals surface area contributed by atoms with E-state index >= 15 is 0 Å². The van der Waals surface area contributed by atoms with Gasteiger partial charge in [-0.05, 0) is 20.9 Å². The second-order valence-corrected chi connectivity index (χ2v) is 3.50. The molecule has 1 fully saturated rings. The molecule has 4 heteroatoms. The number of piperazine rings is 1. The van der Waals surface area contributed by atoms with E-state index in [9.17, 15) is 4.79 Å². The van der Waals surface area contributed by atoms with Gasteiger partial charge in [-0.25, -0.2) is 4.79 Å². The Balaban J connectivity index is 2.45. The summed E-state index contributed by atoms with van der Waals surface area (Å²) in [6.07, 6.45) is -0.178. The van der Waals surface area contributed by atoms with Gasteiger partial charge >= 0.3 is 6.09 Å². The molecule has 0 bridgehead atoms. The Morgan fingerprint density at radius 3 is 2.77 bits per heavy atom. The summed E-state index contributed by atoms with van der Waals surface area (Å²) in [6, 6.07) is 0.262. The first-order valence-electron chi connectivity index (χ1n) is 4.77. The van der Waals surface area contributed by atoms with Crippen LogP contribution >= 0.6 is 0 Å². The van der Waals surface area contributed by atoms with Crippen molar-refractivity contribution in [1.29, 1.82) is 0 Å². The summed E-state index contributed by atoms with van der Waals surface area (Å²) in [4.78, 5) is 15.4. The molecule has 1 heterocycles. The van der Waals surface area contributed by atoms with Crippen LogP contribution in [0, 0.1) is 0 Å². The van der Waals surface area contributed by atoms with Gasteiger partial charge in [0.05, 0.1) is 6.61 Å². The number of rotatable bonds is 1. The molecule has 0 N–H and O–H groups in total. The van der Waals surface area contributed by atoms with E-state index in [1.165, 1.54) is 0 Å². The van der Waals surface area contributed by atoms with Gasteiger partial charge in [0.25, 0.3) is 0 Å². The minimum atomic E-state index is -0.178. The Kier molecular flexibility index (Phi) is 3.54. The zero-order valence-corrected chi connectivity index (χ0v) is 8.62. The maximum atomic E-state index is 11.4. The van der Waals surface area contributed by atoms with Crippen LogP contribution in [0.5, 0.6) is 0 Å². The molecule has 0 aromatic rings. The fourth-order valence-electron chi connectivity index (χ4n) is 1.62. The van der Waals surface area contributed by atoms with Gasteiger partial charge in [-0.15, -0.1) is 0 Å². The lowest BCUT2D eigenvalue weighted by Gasteiger charge is -2.37. The average Bonchev–Trinajstić information content (AvgIpc) is 2.04. The molecule has 0 aromatic heterocycles. The monoisotopic (exact) mass is 186 g/mol. The number of hydrogen-bond donors (Lipinski definition) is 0. The Hall–Kier alpha value is -0.770. The topological polar surface area (TPSA) is 32.8 Å². The van der Waals surface area contributed by atoms with Crippen LogP contribution in [0.1, 0.15) is 13.8 Å². The first kappa shape index (κ1) is 10.3. The van der Waals surface area contributed by atoms with Crippen molar-refractivity contribution >= 4 is 6.09 Å². The number of carbonyl (C=O) groups excluding carboxylic acids is 1. The van der Waals surface area contributed by atoms with Gasteiger partial charge in [-0.3, -0.25) is 0 Å². The van der Waals surface area contributed by atoms with Crippen molar-refractivity contribution in [3.63, 3.8) is 0 Å². The zero-order chi connectivity index (χ0) is 9.84. The highest BCUT2D eigenvalue weighted by molar-refractivity contribution is 5.68. The molecule has 0 spiro atoms. The first-order valence-corrected chi connectivity index (χ1v) is 4.77. The van der Waals surface area contributed by atoms with Gasteiger partial charge < -0.3 is 14.5 Å². The molecule has 0 saturated carbocycles. The van der Waals surface area contributed by atoms with E-state index in [0.717, 1.165) is 19.6 Å². The van der Waals surface area contributed by atoms with Crippen molar-refractivity contribution in [2.75, 3.05) is 33.3 Å². The predicted molar refractivity (Wildman–Crippen MR) is 50.7 cm³/mol. The number of nitrogens with zero attached hydrogens (tertiary/aromatic N) is 2. The molecule has 1 atom stereocenters. The van der Waals surface area contributed by atoms with Crippen LogP contribution in [-0.4, -0.2) is 55.2 Å². The SMILES string of the molecule is CCOC(=O)N1CCN(C)CC1C. The highest BCUT2D eigenvalue weighted by Gasteiger charge is 2.26. The van der Waals surface area contributed by atoms with Gasteiger partial charge in [0, 0.05) is 25.7 Å². The number of ether oxygens (including phenoxy) is 1. The highest BCUT2D eigenvalue weighted by Crippen LogP contribution is 2.08. The van der Waals surface area contributed by atoms with E-state index in [4.69, 9.17) is 4.74 Å². The van der Waals surface area contributed by atoms with Crippen molar-refractivity contribution < 1.29 is 9.53 Å². The lowest BCUT2D eigenvalue weighted by atomic mass is 10.2. The van der Waals surface area contributed by atoms with Gasteiger partial charge in [0.15, 0.2) is 0 Å².